The maximum absolute atomic E-state index is 11.1. The highest BCUT2D eigenvalue weighted by Crippen LogP contribution is 2.02. The van der Waals surface area contributed by atoms with E-state index in [2.05, 4.69) is 5.10 Å². The smallest absolute Gasteiger partial charge is 0.358 e. The maximum atomic E-state index is 11.1. The summed E-state index contributed by atoms with van der Waals surface area (Å²) in [6.07, 6.45) is 0. The largest absolute Gasteiger partial charge is 0.461 e. The molecule has 1 heterocycles. The van der Waals surface area contributed by atoms with Crippen LogP contribution in [0.3, 0.4) is 0 Å². The fourth-order valence-corrected chi connectivity index (χ4v) is 0.793. The number of ether oxygens (including phenoxy) is 1. The third-order valence-corrected chi connectivity index (χ3v) is 1.41. The minimum absolute atomic E-state index is 0.247. The number of carbonyl (C=O) groups excluding carboxylic acids is 1. The Labute approximate surface area is 71.1 Å². The third-order valence-electron chi connectivity index (χ3n) is 1.41. The van der Waals surface area contributed by atoms with Crippen LogP contribution in [0.4, 0.5) is 0 Å². The van der Waals surface area contributed by atoms with Crippen LogP contribution in [0.5, 0.6) is 0 Å². The van der Waals surface area contributed by atoms with E-state index >= 15 is 0 Å². The van der Waals surface area contributed by atoms with E-state index in [4.69, 9.17) is 11.8 Å². The van der Waals surface area contributed by atoms with Crippen molar-refractivity contribution in [3.8, 4) is 0 Å². The third kappa shape index (κ3) is 1.64. The number of hydrogen-bond acceptors (Lipinski definition) is 3. The molecule has 0 fully saturated rings. The lowest BCUT2D eigenvalue weighted by Gasteiger charge is -1.95. The van der Waals surface area contributed by atoms with Crippen molar-refractivity contribution in [1.82, 2.24) is 9.78 Å². The molecule has 0 amide bonds. The summed E-state index contributed by atoms with van der Waals surface area (Å²) in [7, 11) is 5.37. The number of nitrogens with zero attached hydrogens (tertiary/aromatic N) is 2. The second kappa shape index (κ2) is 3.38. The van der Waals surface area contributed by atoms with E-state index in [1.807, 2.05) is 0 Å². The van der Waals surface area contributed by atoms with E-state index in [1.165, 1.54) is 0 Å². The number of esters is 1. The molecule has 4 nitrogen and oxygen atoms in total. The molecule has 0 bridgehead atoms. The van der Waals surface area contributed by atoms with Gasteiger partial charge in [-0.3, -0.25) is 4.68 Å². The quantitative estimate of drug-likeness (QED) is 0.613. The number of rotatable bonds is 2. The van der Waals surface area contributed by atoms with Gasteiger partial charge in [0.25, 0.3) is 0 Å². The van der Waals surface area contributed by atoms with Crippen LogP contribution in [0.15, 0.2) is 6.07 Å². The van der Waals surface area contributed by atoms with Crippen LogP contribution >= 0.6 is 0 Å². The lowest BCUT2D eigenvalue weighted by molar-refractivity contribution is 0.0519. The zero-order valence-electron chi connectivity index (χ0n) is 7.07. The summed E-state index contributed by atoms with van der Waals surface area (Å²) in [6, 6.07) is 1.58. The summed E-state index contributed by atoms with van der Waals surface area (Å²) in [6.45, 7) is 3.84. The highest BCUT2D eigenvalue weighted by Gasteiger charge is 2.10. The topological polar surface area (TPSA) is 44.1 Å². The first-order chi connectivity index (χ1) is 5.65. The Morgan fingerprint density at radius 1 is 1.83 bits per heavy atom. The molecule has 64 valence electrons. The van der Waals surface area contributed by atoms with Gasteiger partial charge in [-0.2, -0.15) is 5.10 Å². The molecule has 1 aromatic heterocycles. The molecule has 2 radical (unpaired) electrons. The van der Waals surface area contributed by atoms with E-state index in [0.29, 0.717) is 6.61 Å². The lowest BCUT2D eigenvalue weighted by atomic mass is 10.4. The first-order valence-electron chi connectivity index (χ1n) is 3.64. The van der Waals surface area contributed by atoms with Crippen LogP contribution in [0.25, 0.3) is 0 Å². The van der Waals surface area contributed by atoms with Crippen molar-refractivity contribution in [3.05, 3.63) is 24.5 Å². The van der Waals surface area contributed by atoms with Crippen molar-refractivity contribution in [2.75, 3.05) is 6.61 Å². The normalized spacial score (nSPS) is 9.92. The Bertz CT molecular complexity index is 272. The summed E-state index contributed by atoms with van der Waals surface area (Å²) >= 11 is 0. The van der Waals surface area contributed by atoms with Crippen LogP contribution in [-0.2, 0) is 4.74 Å². The molecular formula is C8H10N2O2. The number of aryl methyl sites for hydroxylation is 1. The fraction of sp³-hybridized carbons (Fsp3) is 0.375. The molecule has 0 saturated heterocycles. The molecule has 0 saturated carbocycles. The summed E-state index contributed by atoms with van der Waals surface area (Å²) in [5.74, 6) is -0.440. The highest BCUT2D eigenvalue weighted by molar-refractivity contribution is 5.87. The van der Waals surface area contributed by atoms with Gasteiger partial charge < -0.3 is 4.74 Å². The first-order valence-corrected chi connectivity index (χ1v) is 3.64. The van der Waals surface area contributed by atoms with Crippen LogP contribution in [-0.4, -0.2) is 22.4 Å². The molecule has 0 aliphatic heterocycles. The van der Waals surface area contributed by atoms with Gasteiger partial charge in [-0.25, -0.2) is 4.79 Å². The molecule has 0 atom stereocenters. The average Bonchev–Trinajstić information content (AvgIpc) is 2.33. The minimum Gasteiger partial charge on any atom is -0.461 e. The van der Waals surface area contributed by atoms with Gasteiger partial charge in [0.05, 0.1) is 6.61 Å². The van der Waals surface area contributed by atoms with Crippen molar-refractivity contribution in [2.45, 2.75) is 13.8 Å². The van der Waals surface area contributed by atoms with Gasteiger partial charge >= 0.3 is 5.97 Å². The SMILES string of the molecule is [CH]n1nc(C(=O)OCC)cc1C. The van der Waals surface area contributed by atoms with E-state index in [1.54, 1.807) is 19.9 Å². The highest BCUT2D eigenvalue weighted by atomic mass is 16.5. The second-order valence-corrected chi connectivity index (χ2v) is 2.34. The van der Waals surface area contributed by atoms with Crippen molar-refractivity contribution < 1.29 is 9.53 Å². The van der Waals surface area contributed by atoms with Crippen molar-refractivity contribution in [2.24, 2.45) is 0 Å². The maximum Gasteiger partial charge on any atom is 0.358 e. The predicted octanol–water partition coefficient (Wildman–Crippen LogP) is 0.885. The average molecular weight is 166 g/mol. The Kier molecular flexibility index (Phi) is 2.47. The van der Waals surface area contributed by atoms with Crippen molar-refractivity contribution in [3.63, 3.8) is 0 Å². The summed E-state index contributed by atoms with van der Waals surface area (Å²) in [4.78, 5) is 11.1. The van der Waals surface area contributed by atoms with E-state index in [0.717, 1.165) is 10.4 Å². The fourth-order valence-electron chi connectivity index (χ4n) is 0.793. The molecule has 12 heavy (non-hydrogen) atoms. The monoisotopic (exact) mass is 166 g/mol. The van der Waals surface area contributed by atoms with E-state index in [-0.39, 0.29) is 5.69 Å². The molecule has 0 N–H and O–H groups in total. The molecule has 0 spiro atoms. The summed E-state index contributed by atoms with van der Waals surface area (Å²) < 4.78 is 5.87. The molecule has 0 aromatic carbocycles. The summed E-state index contributed by atoms with van der Waals surface area (Å²) in [5, 5.41) is 3.75. The van der Waals surface area contributed by atoms with Crippen LogP contribution in [0.1, 0.15) is 23.1 Å². The van der Waals surface area contributed by atoms with Crippen molar-refractivity contribution in [1.29, 1.82) is 0 Å². The Morgan fingerprint density at radius 3 is 2.92 bits per heavy atom. The van der Waals surface area contributed by atoms with Crippen LogP contribution in [0.2, 0.25) is 0 Å². The Hall–Kier alpha value is -1.32. The van der Waals surface area contributed by atoms with E-state index in [9.17, 15) is 4.79 Å². The second-order valence-electron chi connectivity index (χ2n) is 2.34. The molecular weight excluding hydrogens is 156 g/mol. The predicted molar refractivity (Wildman–Crippen MR) is 42.6 cm³/mol. The molecule has 1 rings (SSSR count). The number of aromatic nitrogens is 2. The van der Waals surface area contributed by atoms with Gasteiger partial charge in [0.1, 0.15) is 7.05 Å². The molecule has 1 aromatic rings. The van der Waals surface area contributed by atoms with E-state index < -0.39 is 5.97 Å². The molecule has 0 aliphatic carbocycles. The zero-order valence-corrected chi connectivity index (χ0v) is 7.07. The minimum atomic E-state index is -0.440. The zero-order chi connectivity index (χ0) is 9.14. The summed E-state index contributed by atoms with van der Waals surface area (Å²) in [5.41, 5.74) is 0.968. The van der Waals surface area contributed by atoms with Gasteiger partial charge in [-0.1, -0.05) is 0 Å². The molecule has 4 heteroatoms. The molecule has 0 aliphatic rings. The Balaban J connectivity index is 2.82. The van der Waals surface area contributed by atoms with Gasteiger partial charge in [-0.15, -0.1) is 0 Å². The number of hydrogen-bond donors (Lipinski definition) is 0. The lowest BCUT2D eigenvalue weighted by Crippen LogP contribution is -2.05. The van der Waals surface area contributed by atoms with Gasteiger partial charge in [0.15, 0.2) is 5.69 Å². The van der Waals surface area contributed by atoms with Gasteiger partial charge in [0, 0.05) is 5.69 Å². The van der Waals surface area contributed by atoms with Crippen LogP contribution < -0.4 is 0 Å². The van der Waals surface area contributed by atoms with Crippen LogP contribution in [0, 0.1) is 14.0 Å². The van der Waals surface area contributed by atoms with Crippen molar-refractivity contribution >= 4 is 5.97 Å². The number of carbonyl (C=O) groups is 1. The molecule has 0 unspecified atom stereocenters. The van der Waals surface area contributed by atoms with Gasteiger partial charge in [-0.05, 0) is 19.9 Å². The first kappa shape index (κ1) is 8.77. The Morgan fingerprint density at radius 2 is 2.50 bits per heavy atom. The standard InChI is InChI=1S/C8H10N2O2/c1-4-12-8(11)7-5-6(2)10(3)9-7/h3,5H,4H2,1-2H3. The van der Waals surface area contributed by atoms with Gasteiger partial charge in [0.2, 0.25) is 0 Å².